The van der Waals surface area contributed by atoms with Crippen molar-refractivity contribution in [1.82, 2.24) is 10.2 Å². The molecule has 1 N–H and O–H groups in total. The van der Waals surface area contributed by atoms with Crippen LogP contribution in [0.3, 0.4) is 0 Å². The van der Waals surface area contributed by atoms with Crippen LogP contribution in [0.1, 0.15) is 55.0 Å². The molecule has 3 aromatic rings. The average molecular weight is 471 g/mol. The Kier molecular flexibility index (Phi) is 9.66. The van der Waals surface area contributed by atoms with E-state index in [1.54, 1.807) is 4.90 Å². The summed E-state index contributed by atoms with van der Waals surface area (Å²) in [6.45, 7) is 8.49. The zero-order valence-electron chi connectivity index (χ0n) is 21.5. The third-order valence-electron chi connectivity index (χ3n) is 6.36. The molecule has 0 fully saturated rings. The van der Waals surface area contributed by atoms with Crippen molar-refractivity contribution in [2.75, 3.05) is 0 Å². The molecule has 0 saturated heterocycles. The number of carbonyl (C=O) groups excluding carboxylic acids is 2. The van der Waals surface area contributed by atoms with Crippen LogP contribution in [0.25, 0.3) is 0 Å². The Labute approximate surface area is 210 Å². The molecule has 0 aliphatic carbocycles. The van der Waals surface area contributed by atoms with Gasteiger partial charge in [-0.3, -0.25) is 9.59 Å². The molecule has 3 rings (SSSR count). The van der Waals surface area contributed by atoms with Gasteiger partial charge in [-0.2, -0.15) is 0 Å². The van der Waals surface area contributed by atoms with Gasteiger partial charge >= 0.3 is 0 Å². The fourth-order valence-electron chi connectivity index (χ4n) is 4.24. The summed E-state index contributed by atoms with van der Waals surface area (Å²) < 4.78 is 0. The smallest absolute Gasteiger partial charge is 0.243 e. The average Bonchev–Trinajstić information content (AvgIpc) is 2.86. The molecular formula is C31H38N2O2. The molecule has 0 bridgehead atoms. The maximum Gasteiger partial charge on any atom is 0.243 e. The second-order valence-corrected chi connectivity index (χ2v) is 9.49. The van der Waals surface area contributed by atoms with E-state index in [1.807, 2.05) is 75.4 Å². The SMILES string of the molecule is CCc1ccc(CCC(=O)N(Cc2ccccc2C)C(Cc2ccccc2)C(=O)NC(C)C)cc1. The predicted octanol–water partition coefficient (Wildman–Crippen LogP) is 5.65. The van der Waals surface area contributed by atoms with Crippen LogP contribution in [0.5, 0.6) is 0 Å². The van der Waals surface area contributed by atoms with Crippen molar-refractivity contribution in [3.05, 3.63) is 107 Å². The van der Waals surface area contributed by atoms with Crippen molar-refractivity contribution in [2.45, 2.75) is 72.0 Å². The fourth-order valence-corrected chi connectivity index (χ4v) is 4.24. The number of aryl methyl sites for hydroxylation is 3. The number of hydrogen-bond acceptors (Lipinski definition) is 2. The van der Waals surface area contributed by atoms with Crippen LogP contribution in [0, 0.1) is 6.92 Å². The fraction of sp³-hybridized carbons (Fsp3) is 0.355. The van der Waals surface area contributed by atoms with E-state index in [-0.39, 0.29) is 17.9 Å². The molecule has 2 amide bonds. The van der Waals surface area contributed by atoms with E-state index in [9.17, 15) is 9.59 Å². The summed E-state index contributed by atoms with van der Waals surface area (Å²) >= 11 is 0. The van der Waals surface area contributed by atoms with Gasteiger partial charge in [0.15, 0.2) is 0 Å². The summed E-state index contributed by atoms with van der Waals surface area (Å²) in [5, 5.41) is 3.05. The number of amides is 2. The molecule has 4 heteroatoms. The van der Waals surface area contributed by atoms with Gasteiger partial charge in [-0.25, -0.2) is 0 Å². The number of rotatable bonds is 11. The van der Waals surface area contributed by atoms with Crippen molar-refractivity contribution < 1.29 is 9.59 Å². The molecule has 1 unspecified atom stereocenters. The first-order chi connectivity index (χ1) is 16.9. The zero-order valence-corrected chi connectivity index (χ0v) is 21.5. The second-order valence-electron chi connectivity index (χ2n) is 9.49. The van der Waals surface area contributed by atoms with Crippen LogP contribution >= 0.6 is 0 Å². The first-order valence-corrected chi connectivity index (χ1v) is 12.6. The molecule has 0 heterocycles. The van der Waals surface area contributed by atoms with Crippen molar-refractivity contribution in [3.8, 4) is 0 Å². The van der Waals surface area contributed by atoms with Gasteiger partial charge in [-0.05, 0) is 61.4 Å². The normalized spacial score (nSPS) is 11.8. The molecule has 0 aromatic heterocycles. The van der Waals surface area contributed by atoms with Gasteiger partial charge in [0.1, 0.15) is 6.04 Å². The number of hydrogen-bond donors (Lipinski definition) is 1. The van der Waals surface area contributed by atoms with Crippen LogP contribution in [0.2, 0.25) is 0 Å². The molecule has 0 aliphatic rings. The van der Waals surface area contributed by atoms with E-state index in [2.05, 4.69) is 36.5 Å². The van der Waals surface area contributed by atoms with Gasteiger partial charge in [0.2, 0.25) is 11.8 Å². The van der Waals surface area contributed by atoms with Gasteiger partial charge in [-0.15, -0.1) is 0 Å². The van der Waals surface area contributed by atoms with Gasteiger partial charge in [0.25, 0.3) is 0 Å². The third-order valence-corrected chi connectivity index (χ3v) is 6.36. The Morgan fingerprint density at radius 1 is 0.829 bits per heavy atom. The molecule has 0 aliphatic heterocycles. The number of nitrogens with zero attached hydrogens (tertiary/aromatic N) is 1. The largest absolute Gasteiger partial charge is 0.352 e. The summed E-state index contributed by atoms with van der Waals surface area (Å²) in [5.74, 6) is -0.120. The van der Waals surface area contributed by atoms with Crippen molar-refractivity contribution >= 4 is 11.8 Å². The second kappa shape index (κ2) is 12.9. The molecule has 4 nitrogen and oxygen atoms in total. The molecule has 0 radical (unpaired) electrons. The standard InChI is InChI=1S/C31H38N2O2/c1-5-25-15-17-26(18-16-25)19-20-30(34)33(22-28-14-10-9-11-24(28)4)29(31(35)32-23(2)3)21-27-12-7-6-8-13-27/h6-18,23,29H,5,19-22H2,1-4H3,(H,32,35). The lowest BCUT2D eigenvalue weighted by molar-refractivity contribution is -0.141. The van der Waals surface area contributed by atoms with Crippen LogP contribution < -0.4 is 5.32 Å². The summed E-state index contributed by atoms with van der Waals surface area (Å²) in [5.41, 5.74) is 5.63. The molecular weight excluding hydrogens is 432 g/mol. The minimum atomic E-state index is -0.589. The number of benzene rings is 3. The molecule has 3 aromatic carbocycles. The van der Waals surface area contributed by atoms with Crippen molar-refractivity contribution in [2.24, 2.45) is 0 Å². The zero-order chi connectivity index (χ0) is 25.2. The van der Waals surface area contributed by atoms with Crippen LogP contribution in [-0.2, 0) is 35.4 Å². The van der Waals surface area contributed by atoms with E-state index in [1.165, 1.54) is 5.56 Å². The van der Waals surface area contributed by atoms with Gasteiger partial charge in [0.05, 0.1) is 0 Å². The van der Waals surface area contributed by atoms with Crippen molar-refractivity contribution in [1.29, 1.82) is 0 Å². The lowest BCUT2D eigenvalue weighted by atomic mass is 10.00. The topological polar surface area (TPSA) is 49.4 Å². The Balaban J connectivity index is 1.89. The monoisotopic (exact) mass is 470 g/mol. The minimum Gasteiger partial charge on any atom is -0.352 e. The van der Waals surface area contributed by atoms with E-state index < -0.39 is 6.04 Å². The first-order valence-electron chi connectivity index (χ1n) is 12.6. The molecule has 184 valence electrons. The maximum absolute atomic E-state index is 13.7. The summed E-state index contributed by atoms with van der Waals surface area (Å²) in [4.78, 5) is 28.9. The predicted molar refractivity (Wildman–Crippen MR) is 143 cm³/mol. The van der Waals surface area contributed by atoms with Gasteiger partial charge in [-0.1, -0.05) is 85.8 Å². The van der Waals surface area contributed by atoms with E-state index >= 15 is 0 Å². The Morgan fingerprint density at radius 3 is 2.09 bits per heavy atom. The Morgan fingerprint density at radius 2 is 1.46 bits per heavy atom. The van der Waals surface area contributed by atoms with Crippen molar-refractivity contribution in [3.63, 3.8) is 0 Å². The highest BCUT2D eigenvalue weighted by molar-refractivity contribution is 5.88. The highest BCUT2D eigenvalue weighted by atomic mass is 16.2. The van der Waals surface area contributed by atoms with Crippen LogP contribution in [0.15, 0.2) is 78.9 Å². The first kappa shape index (κ1) is 26.2. The molecule has 0 saturated carbocycles. The highest BCUT2D eigenvalue weighted by Gasteiger charge is 2.30. The summed E-state index contributed by atoms with van der Waals surface area (Å²) in [7, 11) is 0. The Hall–Kier alpha value is -3.40. The van der Waals surface area contributed by atoms with Crippen LogP contribution in [-0.4, -0.2) is 28.8 Å². The Bertz CT molecular complexity index is 1090. The quantitative estimate of drug-likeness (QED) is 0.393. The van der Waals surface area contributed by atoms with E-state index in [0.29, 0.717) is 25.8 Å². The van der Waals surface area contributed by atoms with E-state index in [4.69, 9.17) is 0 Å². The maximum atomic E-state index is 13.7. The minimum absolute atomic E-state index is 0.00623. The number of carbonyl (C=O) groups is 2. The van der Waals surface area contributed by atoms with Crippen LogP contribution in [0.4, 0.5) is 0 Å². The third kappa shape index (κ3) is 7.81. The summed E-state index contributed by atoms with van der Waals surface area (Å²) in [6.07, 6.45) is 2.48. The van der Waals surface area contributed by atoms with E-state index in [0.717, 1.165) is 28.7 Å². The molecule has 1 atom stereocenters. The highest BCUT2D eigenvalue weighted by Crippen LogP contribution is 2.19. The summed E-state index contributed by atoms with van der Waals surface area (Å²) in [6, 6.07) is 25.9. The molecule has 0 spiro atoms. The lowest BCUT2D eigenvalue weighted by Crippen LogP contribution is -2.51. The number of nitrogens with one attached hydrogen (secondary N) is 1. The molecule has 35 heavy (non-hydrogen) atoms. The van der Waals surface area contributed by atoms with Gasteiger partial charge in [0, 0.05) is 25.4 Å². The lowest BCUT2D eigenvalue weighted by Gasteiger charge is -2.32. The van der Waals surface area contributed by atoms with Gasteiger partial charge < -0.3 is 10.2 Å².